The molecule has 0 saturated carbocycles. The number of amides is 1. The van der Waals surface area contributed by atoms with Crippen LogP contribution in [0.15, 0.2) is 12.3 Å². The lowest BCUT2D eigenvalue weighted by Gasteiger charge is -2.14. The Kier molecular flexibility index (Phi) is 4.85. The van der Waals surface area contributed by atoms with Crippen LogP contribution < -0.4 is 11.1 Å². The highest BCUT2D eigenvalue weighted by molar-refractivity contribution is 5.93. The minimum atomic E-state index is -0.0278. The summed E-state index contributed by atoms with van der Waals surface area (Å²) in [6, 6.07) is 1.74. The Hall–Kier alpha value is -1.49. The summed E-state index contributed by atoms with van der Waals surface area (Å²) in [6.45, 7) is 6.99. The minimum absolute atomic E-state index is 0.0278. The zero-order chi connectivity index (χ0) is 13.7. The summed E-state index contributed by atoms with van der Waals surface area (Å²) in [5.74, 6) is -0.0278. The molecule has 5 nitrogen and oxygen atoms in total. The monoisotopic (exact) mass is 264 g/mol. The van der Waals surface area contributed by atoms with Crippen LogP contribution in [0.1, 0.15) is 36.7 Å². The molecule has 1 aromatic rings. The third-order valence-corrected chi connectivity index (χ3v) is 3.63. The first kappa shape index (κ1) is 13.9. The quantitative estimate of drug-likeness (QED) is 0.761. The van der Waals surface area contributed by atoms with E-state index in [4.69, 9.17) is 5.73 Å². The highest BCUT2D eigenvalue weighted by atomic mass is 16.1. The number of carbonyl (C=O) groups excluding carboxylic acids is 1. The highest BCUT2D eigenvalue weighted by Gasteiger charge is 2.13. The van der Waals surface area contributed by atoms with Crippen molar-refractivity contribution in [3.63, 3.8) is 0 Å². The third kappa shape index (κ3) is 3.73. The Morgan fingerprint density at radius 1 is 1.42 bits per heavy atom. The fourth-order valence-corrected chi connectivity index (χ4v) is 2.59. The molecular weight excluding hydrogens is 240 g/mol. The standard InChI is InChI=1S/C14H24N4O/c1-2-18-11-12(15)10-13(18)14(19)16-6-5-9-17-7-3-4-8-17/h10-11H,2-9,15H2,1H3,(H,16,19). The van der Waals surface area contributed by atoms with Gasteiger partial charge in [-0.25, -0.2) is 0 Å². The van der Waals surface area contributed by atoms with Crippen molar-refractivity contribution in [2.45, 2.75) is 32.7 Å². The maximum absolute atomic E-state index is 12.0. The molecule has 1 aromatic heterocycles. The summed E-state index contributed by atoms with van der Waals surface area (Å²) in [5.41, 5.74) is 7.02. The lowest BCUT2D eigenvalue weighted by molar-refractivity contribution is 0.0943. The molecule has 2 rings (SSSR count). The molecule has 1 amide bonds. The Morgan fingerprint density at radius 3 is 2.84 bits per heavy atom. The van der Waals surface area contributed by atoms with Gasteiger partial charge in [0.25, 0.3) is 5.91 Å². The summed E-state index contributed by atoms with van der Waals surface area (Å²) in [7, 11) is 0. The smallest absolute Gasteiger partial charge is 0.267 e. The molecular formula is C14H24N4O. The van der Waals surface area contributed by atoms with Gasteiger partial charge >= 0.3 is 0 Å². The second-order valence-corrected chi connectivity index (χ2v) is 5.10. The number of nitrogens with zero attached hydrogens (tertiary/aromatic N) is 2. The molecule has 1 aliphatic rings. The van der Waals surface area contributed by atoms with Gasteiger partial charge in [-0.05, 0) is 51.9 Å². The molecule has 0 aliphatic carbocycles. The number of nitrogens with one attached hydrogen (secondary N) is 1. The fraction of sp³-hybridized carbons (Fsp3) is 0.643. The first-order chi connectivity index (χ1) is 9.20. The van der Waals surface area contributed by atoms with Gasteiger partial charge in [0.2, 0.25) is 0 Å². The molecule has 2 heterocycles. The van der Waals surface area contributed by atoms with Gasteiger partial charge in [-0.15, -0.1) is 0 Å². The SMILES string of the molecule is CCn1cc(N)cc1C(=O)NCCCN1CCCC1. The van der Waals surface area contributed by atoms with Gasteiger partial charge in [0, 0.05) is 19.3 Å². The van der Waals surface area contributed by atoms with E-state index in [1.165, 1.54) is 25.9 Å². The molecule has 1 aliphatic heterocycles. The Balaban J connectivity index is 1.74. The van der Waals surface area contributed by atoms with Crippen molar-refractivity contribution in [1.82, 2.24) is 14.8 Å². The van der Waals surface area contributed by atoms with Crippen molar-refractivity contribution in [2.24, 2.45) is 0 Å². The third-order valence-electron chi connectivity index (χ3n) is 3.63. The number of rotatable bonds is 6. The van der Waals surface area contributed by atoms with Crippen LogP contribution in [0.2, 0.25) is 0 Å². The van der Waals surface area contributed by atoms with Crippen molar-refractivity contribution in [1.29, 1.82) is 0 Å². The average molecular weight is 264 g/mol. The number of nitrogen functional groups attached to an aromatic ring is 1. The molecule has 0 atom stereocenters. The summed E-state index contributed by atoms with van der Waals surface area (Å²) in [6.07, 6.45) is 5.44. The molecule has 0 spiro atoms. The molecule has 19 heavy (non-hydrogen) atoms. The van der Waals surface area contributed by atoms with Gasteiger partial charge in [-0.1, -0.05) is 0 Å². The van der Waals surface area contributed by atoms with Gasteiger partial charge in [0.1, 0.15) is 5.69 Å². The van der Waals surface area contributed by atoms with Crippen molar-refractivity contribution in [2.75, 3.05) is 31.9 Å². The van der Waals surface area contributed by atoms with Crippen LogP contribution in [0.4, 0.5) is 5.69 Å². The molecule has 106 valence electrons. The van der Waals surface area contributed by atoms with Gasteiger partial charge in [0.15, 0.2) is 0 Å². The minimum Gasteiger partial charge on any atom is -0.397 e. The van der Waals surface area contributed by atoms with E-state index < -0.39 is 0 Å². The number of hydrogen-bond acceptors (Lipinski definition) is 3. The van der Waals surface area contributed by atoms with E-state index in [2.05, 4.69) is 10.2 Å². The van der Waals surface area contributed by atoms with E-state index in [1.807, 2.05) is 11.5 Å². The van der Waals surface area contributed by atoms with Crippen molar-refractivity contribution >= 4 is 11.6 Å². The number of likely N-dealkylation sites (tertiary alicyclic amines) is 1. The molecule has 0 aromatic carbocycles. The number of aryl methyl sites for hydroxylation is 1. The number of hydrogen-bond donors (Lipinski definition) is 2. The lowest BCUT2D eigenvalue weighted by Crippen LogP contribution is -2.29. The second kappa shape index (κ2) is 6.61. The largest absolute Gasteiger partial charge is 0.397 e. The van der Waals surface area contributed by atoms with E-state index in [-0.39, 0.29) is 5.91 Å². The van der Waals surface area contributed by atoms with E-state index in [1.54, 1.807) is 12.3 Å². The first-order valence-electron chi connectivity index (χ1n) is 7.17. The molecule has 1 fully saturated rings. The van der Waals surface area contributed by atoms with Crippen molar-refractivity contribution < 1.29 is 4.79 Å². The fourth-order valence-electron chi connectivity index (χ4n) is 2.59. The molecule has 1 saturated heterocycles. The zero-order valence-corrected chi connectivity index (χ0v) is 11.7. The van der Waals surface area contributed by atoms with E-state index in [0.29, 0.717) is 11.4 Å². The predicted octanol–water partition coefficient (Wildman–Crippen LogP) is 1.31. The predicted molar refractivity (Wildman–Crippen MR) is 77.1 cm³/mol. The van der Waals surface area contributed by atoms with Gasteiger partial charge in [-0.2, -0.15) is 0 Å². The maximum atomic E-state index is 12.0. The number of carbonyl (C=O) groups is 1. The second-order valence-electron chi connectivity index (χ2n) is 5.10. The van der Waals surface area contributed by atoms with E-state index in [9.17, 15) is 4.79 Å². The van der Waals surface area contributed by atoms with Crippen LogP contribution in [0.25, 0.3) is 0 Å². The molecule has 0 radical (unpaired) electrons. The summed E-state index contributed by atoms with van der Waals surface area (Å²) < 4.78 is 1.88. The Morgan fingerprint density at radius 2 is 2.16 bits per heavy atom. The van der Waals surface area contributed by atoms with Gasteiger partial charge in [0.05, 0.1) is 5.69 Å². The normalized spacial score (nSPS) is 15.8. The number of nitrogens with two attached hydrogens (primary N) is 1. The van der Waals surface area contributed by atoms with Crippen molar-refractivity contribution in [3.8, 4) is 0 Å². The molecule has 3 N–H and O–H groups in total. The van der Waals surface area contributed by atoms with E-state index >= 15 is 0 Å². The zero-order valence-electron chi connectivity index (χ0n) is 11.7. The summed E-state index contributed by atoms with van der Waals surface area (Å²) in [4.78, 5) is 14.5. The van der Waals surface area contributed by atoms with Crippen molar-refractivity contribution in [3.05, 3.63) is 18.0 Å². The average Bonchev–Trinajstić information content (AvgIpc) is 3.03. The molecule has 0 bridgehead atoms. The van der Waals surface area contributed by atoms with Crippen LogP contribution in [0, 0.1) is 0 Å². The van der Waals surface area contributed by atoms with E-state index in [0.717, 1.165) is 26.1 Å². The molecule has 5 heteroatoms. The lowest BCUT2D eigenvalue weighted by atomic mass is 10.3. The van der Waals surface area contributed by atoms with Crippen LogP contribution in [-0.4, -0.2) is 41.6 Å². The van der Waals surface area contributed by atoms with Crippen LogP contribution in [0.3, 0.4) is 0 Å². The highest BCUT2D eigenvalue weighted by Crippen LogP contribution is 2.10. The van der Waals surface area contributed by atoms with Crippen LogP contribution in [-0.2, 0) is 6.54 Å². The van der Waals surface area contributed by atoms with Crippen LogP contribution >= 0.6 is 0 Å². The van der Waals surface area contributed by atoms with Gasteiger partial charge in [-0.3, -0.25) is 4.79 Å². The summed E-state index contributed by atoms with van der Waals surface area (Å²) in [5, 5.41) is 2.97. The summed E-state index contributed by atoms with van der Waals surface area (Å²) >= 11 is 0. The van der Waals surface area contributed by atoms with Crippen LogP contribution in [0.5, 0.6) is 0 Å². The number of anilines is 1. The molecule has 0 unspecified atom stereocenters. The Bertz CT molecular complexity index is 421. The topological polar surface area (TPSA) is 63.3 Å². The maximum Gasteiger partial charge on any atom is 0.267 e. The van der Waals surface area contributed by atoms with Gasteiger partial charge < -0.3 is 20.5 Å². The first-order valence-corrected chi connectivity index (χ1v) is 7.17. The number of aromatic nitrogens is 1. The Labute approximate surface area is 114 Å².